The van der Waals surface area contributed by atoms with Gasteiger partial charge in [0.2, 0.25) is 0 Å². The van der Waals surface area contributed by atoms with Crippen LogP contribution in [-0.4, -0.2) is 45.8 Å². The van der Waals surface area contributed by atoms with Gasteiger partial charge >= 0.3 is 6.09 Å². The Balaban J connectivity index is 1.64. The number of fused-ring (bicyclic) bond motifs is 1. The van der Waals surface area contributed by atoms with Crippen molar-refractivity contribution in [3.05, 3.63) is 53.5 Å². The number of nitrogens with one attached hydrogen (secondary N) is 1. The molecule has 1 aliphatic heterocycles. The fourth-order valence-electron chi connectivity index (χ4n) is 4.15. The summed E-state index contributed by atoms with van der Waals surface area (Å²) in [5.41, 5.74) is 8.12. The van der Waals surface area contributed by atoms with Crippen molar-refractivity contribution < 1.29 is 18.7 Å². The van der Waals surface area contributed by atoms with E-state index in [4.69, 9.17) is 10.5 Å². The van der Waals surface area contributed by atoms with Crippen molar-refractivity contribution in [3.63, 3.8) is 0 Å². The normalized spacial score (nSPS) is 15.2. The Kier molecular flexibility index (Phi) is 5.62. The van der Waals surface area contributed by atoms with E-state index < -0.39 is 11.5 Å². The third-order valence-corrected chi connectivity index (χ3v) is 5.67. The van der Waals surface area contributed by atoms with Crippen molar-refractivity contribution in [2.24, 2.45) is 5.73 Å². The number of halogens is 1. The molecule has 1 aliphatic rings. The van der Waals surface area contributed by atoms with Gasteiger partial charge in [-0.05, 0) is 69.0 Å². The standard InChI is InChI=1S/C24H27FN4O3/c1-24(2,3)32-23(31)29-9-7-14(8-10-29)20-18-12-16(15-5-4-6-17(25)11-15)13-19(22(26)30)21(18)28-27-20/h4-6,11-14H,7-10H2,1-3H3,(H2,26,30)(H,27,28). The maximum Gasteiger partial charge on any atom is 0.410 e. The number of rotatable bonds is 3. The number of aromatic nitrogens is 2. The van der Waals surface area contributed by atoms with Gasteiger partial charge in [0.1, 0.15) is 16.9 Å². The number of primary amides is 1. The molecular weight excluding hydrogens is 411 g/mol. The summed E-state index contributed by atoms with van der Waals surface area (Å²) in [4.78, 5) is 26.2. The van der Waals surface area contributed by atoms with Crippen LogP contribution in [0.4, 0.5) is 9.18 Å². The number of carbonyl (C=O) groups excluding carboxylic acids is 2. The number of piperidine rings is 1. The maximum atomic E-state index is 13.8. The van der Waals surface area contributed by atoms with Gasteiger partial charge in [-0.3, -0.25) is 9.89 Å². The van der Waals surface area contributed by atoms with Gasteiger partial charge in [-0.1, -0.05) is 12.1 Å². The lowest BCUT2D eigenvalue weighted by atomic mass is 9.90. The van der Waals surface area contributed by atoms with Crippen molar-refractivity contribution in [2.45, 2.75) is 45.1 Å². The number of nitrogens with zero attached hydrogens (tertiary/aromatic N) is 2. The molecule has 2 heterocycles. The zero-order chi connectivity index (χ0) is 23.0. The summed E-state index contributed by atoms with van der Waals surface area (Å²) >= 11 is 0. The van der Waals surface area contributed by atoms with Gasteiger partial charge in [-0.2, -0.15) is 5.10 Å². The average molecular weight is 439 g/mol. The summed E-state index contributed by atoms with van der Waals surface area (Å²) < 4.78 is 19.3. The number of likely N-dealkylation sites (tertiary alicyclic amines) is 1. The summed E-state index contributed by atoms with van der Waals surface area (Å²) in [6.07, 6.45) is 1.15. The van der Waals surface area contributed by atoms with Gasteiger partial charge in [-0.15, -0.1) is 0 Å². The Morgan fingerprint density at radius 2 is 1.88 bits per heavy atom. The molecule has 2 amide bonds. The van der Waals surface area contributed by atoms with E-state index in [1.54, 1.807) is 23.1 Å². The Labute approximate surface area is 185 Å². The number of amides is 2. The zero-order valence-electron chi connectivity index (χ0n) is 18.4. The van der Waals surface area contributed by atoms with Crippen LogP contribution in [0.5, 0.6) is 0 Å². The summed E-state index contributed by atoms with van der Waals surface area (Å²) in [6.45, 7) is 6.67. The Morgan fingerprint density at radius 1 is 1.16 bits per heavy atom. The molecular formula is C24H27FN4O3. The van der Waals surface area contributed by atoms with Crippen LogP contribution in [0.1, 0.15) is 55.6 Å². The van der Waals surface area contributed by atoms with Gasteiger partial charge in [0, 0.05) is 30.1 Å². The molecule has 0 radical (unpaired) electrons. The molecule has 4 rings (SSSR count). The first-order valence-corrected chi connectivity index (χ1v) is 10.7. The number of nitrogens with two attached hydrogens (primary N) is 1. The van der Waals surface area contributed by atoms with E-state index in [1.807, 2.05) is 26.8 Å². The Hall–Kier alpha value is -3.42. The maximum absolute atomic E-state index is 13.8. The molecule has 8 heteroatoms. The minimum absolute atomic E-state index is 0.127. The second-order valence-corrected chi connectivity index (χ2v) is 9.17. The quantitative estimate of drug-likeness (QED) is 0.625. The van der Waals surface area contributed by atoms with Crippen LogP contribution in [0.2, 0.25) is 0 Å². The molecule has 32 heavy (non-hydrogen) atoms. The molecule has 7 nitrogen and oxygen atoms in total. The molecule has 0 aliphatic carbocycles. The third kappa shape index (κ3) is 4.44. The largest absolute Gasteiger partial charge is 0.444 e. The van der Waals surface area contributed by atoms with Gasteiger partial charge in [0.15, 0.2) is 0 Å². The lowest BCUT2D eigenvalue weighted by molar-refractivity contribution is 0.0204. The van der Waals surface area contributed by atoms with E-state index in [0.717, 1.165) is 23.9 Å². The van der Waals surface area contributed by atoms with Crippen molar-refractivity contribution >= 4 is 22.9 Å². The number of hydrogen-bond donors (Lipinski definition) is 2. The van der Waals surface area contributed by atoms with E-state index in [9.17, 15) is 14.0 Å². The minimum Gasteiger partial charge on any atom is -0.444 e. The highest BCUT2D eigenvalue weighted by Crippen LogP contribution is 2.35. The smallest absolute Gasteiger partial charge is 0.410 e. The van der Waals surface area contributed by atoms with Crippen molar-refractivity contribution in [2.75, 3.05) is 13.1 Å². The summed E-state index contributed by atoms with van der Waals surface area (Å²) in [6, 6.07) is 9.77. The van der Waals surface area contributed by atoms with Crippen LogP contribution in [0.25, 0.3) is 22.0 Å². The number of benzene rings is 2. The highest BCUT2D eigenvalue weighted by atomic mass is 19.1. The predicted octanol–water partition coefficient (Wildman–Crippen LogP) is 4.58. The van der Waals surface area contributed by atoms with Crippen molar-refractivity contribution in [1.29, 1.82) is 0 Å². The van der Waals surface area contributed by atoms with Crippen LogP contribution in [0.15, 0.2) is 36.4 Å². The highest BCUT2D eigenvalue weighted by molar-refractivity contribution is 6.07. The molecule has 168 valence electrons. The molecule has 3 N–H and O–H groups in total. The Morgan fingerprint density at radius 3 is 2.50 bits per heavy atom. The van der Waals surface area contributed by atoms with Gasteiger partial charge in [0.25, 0.3) is 5.91 Å². The average Bonchev–Trinajstić information content (AvgIpc) is 3.15. The fraction of sp³-hybridized carbons (Fsp3) is 0.375. The summed E-state index contributed by atoms with van der Waals surface area (Å²) in [5.74, 6) is -0.821. The van der Waals surface area contributed by atoms with E-state index in [2.05, 4.69) is 10.2 Å². The van der Waals surface area contributed by atoms with Crippen molar-refractivity contribution in [3.8, 4) is 11.1 Å². The molecule has 0 bridgehead atoms. The molecule has 0 unspecified atom stereocenters. The molecule has 3 aromatic rings. The molecule has 0 atom stereocenters. The molecule has 0 saturated carbocycles. The van der Waals surface area contributed by atoms with Crippen LogP contribution in [0, 0.1) is 5.82 Å². The van der Waals surface area contributed by atoms with Gasteiger partial charge in [-0.25, -0.2) is 9.18 Å². The van der Waals surface area contributed by atoms with Crippen molar-refractivity contribution in [1.82, 2.24) is 15.1 Å². The topological polar surface area (TPSA) is 101 Å². The monoisotopic (exact) mass is 438 g/mol. The van der Waals surface area contributed by atoms with E-state index >= 15 is 0 Å². The first kappa shape index (κ1) is 21.8. The lowest BCUT2D eigenvalue weighted by Crippen LogP contribution is -2.41. The molecule has 1 fully saturated rings. The Bertz CT molecular complexity index is 1170. The lowest BCUT2D eigenvalue weighted by Gasteiger charge is -2.33. The summed E-state index contributed by atoms with van der Waals surface area (Å²) in [7, 11) is 0. The van der Waals surface area contributed by atoms with E-state index in [0.29, 0.717) is 29.7 Å². The first-order valence-electron chi connectivity index (χ1n) is 10.7. The first-order chi connectivity index (χ1) is 15.1. The molecule has 1 saturated heterocycles. The zero-order valence-corrected chi connectivity index (χ0v) is 18.4. The molecule has 1 aromatic heterocycles. The number of H-pyrrole nitrogens is 1. The molecule has 0 spiro atoms. The van der Waals surface area contributed by atoms with E-state index in [-0.39, 0.29) is 23.4 Å². The summed E-state index contributed by atoms with van der Waals surface area (Å²) in [5, 5.41) is 8.24. The second-order valence-electron chi connectivity index (χ2n) is 9.17. The predicted molar refractivity (Wildman–Crippen MR) is 120 cm³/mol. The van der Waals surface area contributed by atoms with Crippen LogP contribution >= 0.6 is 0 Å². The number of hydrogen-bond acceptors (Lipinski definition) is 4. The van der Waals surface area contributed by atoms with Crippen LogP contribution in [-0.2, 0) is 4.74 Å². The van der Waals surface area contributed by atoms with Gasteiger partial charge in [0.05, 0.1) is 5.56 Å². The number of aromatic amines is 1. The second kappa shape index (κ2) is 8.26. The fourth-order valence-corrected chi connectivity index (χ4v) is 4.15. The molecule has 2 aromatic carbocycles. The number of ether oxygens (including phenoxy) is 1. The van der Waals surface area contributed by atoms with Crippen LogP contribution < -0.4 is 5.73 Å². The SMILES string of the molecule is CC(C)(C)OC(=O)N1CCC(c2[nH]nc3c(C(N)=O)cc(-c4cccc(F)c4)cc23)CC1. The van der Waals surface area contributed by atoms with E-state index in [1.165, 1.54) is 12.1 Å². The third-order valence-electron chi connectivity index (χ3n) is 5.67. The van der Waals surface area contributed by atoms with Crippen LogP contribution in [0.3, 0.4) is 0 Å². The number of carbonyl (C=O) groups is 2. The van der Waals surface area contributed by atoms with Gasteiger partial charge < -0.3 is 15.4 Å². The minimum atomic E-state index is -0.592. The highest BCUT2D eigenvalue weighted by Gasteiger charge is 2.29.